The maximum absolute atomic E-state index is 12.3. The molecule has 0 aromatic rings. The van der Waals surface area contributed by atoms with Gasteiger partial charge in [0.05, 0.1) is 31.1 Å². The SMILES string of the molecule is COCCN1[C@@H]2CN(C(=O)COC)C[C@@H]2OCCS1(=O)=O. The molecule has 2 aliphatic heterocycles. The van der Waals surface area contributed by atoms with Crippen molar-refractivity contribution in [3.63, 3.8) is 0 Å². The van der Waals surface area contributed by atoms with Crippen molar-refractivity contribution >= 4 is 15.9 Å². The Balaban J connectivity index is 2.15. The molecule has 2 saturated heterocycles. The average Bonchev–Trinajstić information content (AvgIpc) is 2.78. The molecule has 2 rings (SSSR count). The Labute approximate surface area is 125 Å². The van der Waals surface area contributed by atoms with Gasteiger partial charge in [-0.1, -0.05) is 0 Å². The van der Waals surface area contributed by atoms with Crippen LogP contribution in [0.15, 0.2) is 0 Å². The Kier molecular flexibility index (Phi) is 5.55. The van der Waals surface area contributed by atoms with E-state index in [4.69, 9.17) is 14.2 Å². The molecule has 1 amide bonds. The number of nitrogens with zero attached hydrogens (tertiary/aromatic N) is 2. The van der Waals surface area contributed by atoms with Crippen molar-refractivity contribution in [1.82, 2.24) is 9.21 Å². The Morgan fingerprint density at radius 2 is 2.05 bits per heavy atom. The van der Waals surface area contributed by atoms with E-state index in [-0.39, 0.29) is 43.6 Å². The zero-order chi connectivity index (χ0) is 15.5. The van der Waals surface area contributed by atoms with Gasteiger partial charge < -0.3 is 19.1 Å². The van der Waals surface area contributed by atoms with Crippen LogP contribution in [0.5, 0.6) is 0 Å². The second-order valence-corrected chi connectivity index (χ2v) is 7.17. The van der Waals surface area contributed by atoms with Crippen molar-refractivity contribution in [3.05, 3.63) is 0 Å². The fourth-order valence-corrected chi connectivity index (χ4v) is 4.24. The molecule has 2 heterocycles. The van der Waals surface area contributed by atoms with Crippen LogP contribution in [0.2, 0.25) is 0 Å². The molecule has 2 aliphatic rings. The quantitative estimate of drug-likeness (QED) is 0.614. The summed E-state index contributed by atoms with van der Waals surface area (Å²) in [5, 5.41) is 0. The van der Waals surface area contributed by atoms with E-state index in [0.717, 1.165) is 0 Å². The number of carbonyl (C=O) groups excluding carboxylic acids is 1. The standard InChI is InChI=1S/C12H22N2O6S/c1-18-4-3-14-10-7-13(12(15)9-19-2)8-11(10)20-5-6-21(14,16)17/h10-11H,3-9H2,1-2H3/t10-,11+/m1/s1. The highest BCUT2D eigenvalue weighted by atomic mass is 32.2. The number of hydrogen-bond acceptors (Lipinski definition) is 6. The van der Waals surface area contributed by atoms with Crippen LogP contribution < -0.4 is 0 Å². The number of amides is 1. The van der Waals surface area contributed by atoms with E-state index in [1.165, 1.54) is 18.5 Å². The zero-order valence-corrected chi connectivity index (χ0v) is 13.2. The molecule has 0 unspecified atom stereocenters. The van der Waals surface area contributed by atoms with Crippen LogP contribution in [0, 0.1) is 0 Å². The summed E-state index contributed by atoms with van der Waals surface area (Å²) in [6, 6.07) is -0.353. The molecule has 0 N–H and O–H groups in total. The molecular weight excluding hydrogens is 300 g/mol. The first-order chi connectivity index (χ1) is 9.99. The number of fused-ring (bicyclic) bond motifs is 1. The van der Waals surface area contributed by atoms with Gasteiger partial charge in [-0.05, 0) is 0 Å². The third-order valence-electron chi connectivity index (χ3n) is 3.77. The number of sulfonamides is 1. The third kappa shape index (κ3) is 3.72. The second-order valence-electron chi connectivity index (χ2n) is 5.13. The van der Waals surface area contributed by atoms with Crippen molar-refractivity contribution in [2.24, 2.45) is 0 Å². The summed E-state index contributed by atoms with van der Waals surface area (Å²) < 4.78 is 41.5. The average molecular weight is 322 g/mol. The summed E-state index contributed by atoms with van der Waals surface area (Å²) in [7, 11) is -0.403. The van der Waals surface area contributed by atoms with Gasteiger partial charge in [0.25, 0.3) is 0 Å². The number of carbonyl (C=O) groups is 1. The summed E-state index contributed by atoms with van der Waals surface area (Å²) in [5.74, 6) is -0.186. The summed E-state index contributed by atoms with van der Waals surface area (Å²) in [6.45, 7) is 1.45. The van der Waals surface area contributed by atoms with Crippen molar-refractivity contribution in [3.8, 4) is 0 Å². The van der Waals surface area contributed by atoms with Gasteiger partial charge in [-0.3, -0.25) is 4.79 Å². The van der Waals surface area contributed by atoms with Gasteiger partial charge in [0, 0.05) is 33.9 Å². The molecule has 122 valence electrons. The summed E-state index contributed by atoms with van der Waals surface area (Å²) >= 11 is 0. The summed E-state index contributed by atoms with van der Waals surface area (Å²) in [6.07, 6.45) is -0.292. The van der Waals surface area contributed by atoms with Crippen LogP contribution in [0.3, 0.4) is 0 Å². The highest BCUT2D eigenvalue weighted by molar-refractivity contribution is 7.89. The maximum Gasteiger partial charge on any atom is 0.248 e. The van der Waals surface area contributed by atoms with Crippen molar-refractivity contribution in [1.29, 1.82) is 0 Å². The van der Waals surface area contributed by atoms with E-state index in [1.807, 2.05) is 0 Å². The first kappa shape index (κ1) is 16.6. The monoisotopic (exact) mass is 322 g/mol. The lowest BCUT2D eigenvalue weighted by atomic mass is 10.2. The van der Waals surface area contributed by atoms with Crippen LogP contribution >= 0.6 is 0 Å². The van der Waals surface area contributed by atoms with E-state index in [2.05, 4.69) is 0 Å². The Morgan fingerprint density at radius 3 is 2.71 bits per heavy atom. The smallest absolute Gasteiger partial charge is 0.248 e. The lowest BCUT2D eigenvalue weighted by Crippen LogP contribution is -2.47. The molecule has 9 heteroatoms. The molecule has 2 atom stereocenters. The normalized spacial score (nSPS) is 29.1. The van der Waals surface area contributed by atoms with Crippen LogP contribution in [0.1, 0.15) is 0 Å². The molecule has 0 aliphatic carbocycles. The minimum atomic E-state index is -3.39. The first-order valence-corrected chi connectivity index (χ1v) is 8.47. The van der Waals surface area contributed by atoms with Gasteiger partial charge in [-0.25, -0.2) is 8.42 Å². The highest BCUT2D eigenvalue weighted by Gasteiger charge is 2.45. The lowest BCUT2D eigenvalue weighted by Gasteiger charge is -2.27. The lowest BCUT2D eigenvalue weighted by molar-refractivity contribution is -0.134. The van der Waals surface area contributed by atoms with E-state index >= 15 is 0 Å². The number of ether oxygens (including phenoxy) is 3. The maximum atomic E-state index is 12.3. The van der Waals surface area contributed by atoms with Crippen molar-refractivity contribution in [2.75, 3.05) is 59.4 Å². The molecule has 0 spiro atoms. The van der Waals surface area contributed by atoms with Crippen molar-refractivity contribution in [2.45, 2.75) is 12.1 Å². The molecule has 0 aromatic carbocycles. The molecule has 0 saturated carbocycles. The van der Waals surface area contributed by atoms with Crippen LogP contribution in [-0.4, -0.2) is 95.1 Å². The van der Waals surface area contributed by atoms with Gasteiger partial charge >= 0.3 is 0 Å². The number of likely N-dealkylation sites (tertiary alicyclic amines) is 1. The Hall–Kier alpha value is -0.740. The van der Waals surface area contributed by atoms with Gasteiger partial charge in [-0.15, -0.1) is 0 Å². The molecule has 2 fully saturated rings. The summed E-state index contributed by atoms with van der Waals surface area (Å²) in [5.41, 5.74) is 0. The fraction of sp³-hybridized carbons (Fsp3) is 0.917. The molecule has 0 bridgehead atoms. The Bertz CT molecular complexity index is 468. The van der Waals surface area contributed by atoms with Gasteiger partial charge in [0.2, 0.25) is 15.9 Å². The third-order valence-corrected chi connectivity index (χ3v) is 5.62. The minimum absolute atomic E-state index is 0.00966. The molecular formula is C12H22N2O6S. The predicted molar refractivity (Wildman–Crippen MR) is 74.4 cm³/mol. The Morgan fingerprint density at radius 1 is 1.29 bits per heavy atom. The molecule has 21 heavy (non-hydrogen) atoms. The first-order valence-electron chi connectivity index (χ1n) is 6.86. The van der Waals surface area contributed by atoms with E-state index in [9.17, 15) is 13.2 Å². The van der Waals surface area contributed by atoms with Crippen LogP contribution in [0.25, 0.3) is 0 Å². The van der Waals surface area contributed by atoms with Gasteiger partial charge in [-0.2, -0.15) is 4.31 Å². The molecule has 0 aromatic heterocycles. The van der Waals surface area contributed by atoms with Crippen LogP contribution in [0.4, 0.5) is 0 Å². The van der Waals surface area contributed by atoms with E-state index in [0.29, 0.717) is 19.7 Å². The fourth-order valence-electron chi connectivity index (χ4n) is 2.73. The predicted octanol–water partition coefficient (Wildman–Crippen LogP) is -1.48. The van der Waals surface area contributed by atoms with Gasteiger partial charge in [0.15, 0.2) is 0 Å². The van der Waals surface area contributed by atoms with Crippen LogP contribution in [-0.2, 0) is 29.0 Å². The molecule has 8 nitrogen and oxygen atoms in total. The largest absolute Gasteiger partial charge is 0.383 e. The minimum Gasteiger partial charge on any atom is -0.383 e. The van der Waals surface area contributed by atoms with Crippen molar-refractivity contribution < 1.29 is 27.4 Å². The summed E-state index contributed by atoms with van der Waals surface area (Å²) in [4.78, 5) is 13.5. The highest BCUT2D eigenvalue weighted by Crippen LogP contribution is 2.25. The van der Waals surface area contributed by atoms with E-state index < -0.39 is 10.0 Å². The zero-order valence-electron chi connectivity index (χ0n) is 12.4. The topological polar surface area (TPSA) is 85.4 Å². The second kappa shape index (κ2) is 7.01. The van der Waals surface area contributed by atoms with E-state index in [1.54, 1.807) is 4.90 Å². The molecule has 0 radical (unpaired) electrons. The number of rotatable bonds is 5. The number of methoxy groups -OCH3 is 2. The van der Waals surface area contributed by atoms with Gasteiger partial charge in [0.1, 0.15) is 6.61 Å². The number of hydrogen-bond donors (Lipinski definition) is 0.